The molecule has 4 heteroatoms. The zero-order valence-corrected chi connectivity index (χ0v) is 12.7. The van der Waals surface area contributed by atoms with Gasteiger partial charge in [-0.05, 0) is 24.9 Å². The molecular weight excluding hydrogens is 250 g/mol. The van der Waals surface area contributed by atoms with Crippen LogP contribution in [0.25, 0.3) is 10.9 Å². The summed E-state index contributed by atoms with van der Waals surface area (Å²) in [5.41, 5.74) is 2.42. The molecule has 0 aliphatic carbocycles. The van der Waals surface area contributed by atoms with Gasteiger partial charge in [-0.15, -0.1) is 0 Å². The highest BCUT2D eigenvalue weighted by Crippen LogP contribution is 2.21. The number of ether oxygens (including phenoxy) is 1. The third-order valence-electron chi connectivity index (χ3n) is 3.81. The van der Waals surface area contributed by atoms with E-state index in [0.717, 1.165) is 32.5 Å². The van der Waals surface area contributed by atoms with E-state index in [0.29, 0.717) is 5.92 Å². The average Bonchev–Trinajstić information content (AvgIpc) is 2.79. The van der Waals surface area contributed by atoms with Crippen LogP contribution in [0.1, 0.15) is 19.0 Å². The number of para-hydroxylation sites is 1. The number of aryl methyl sites for hydroxylation is 1. The largest absolute Gasteiger partial charge is 0.383 e. The van der Waals surface area contributed by atoms with E-state index in [4.69, 9.17) is 4.74 Å². The zero-order chi connectivity index (χ0) is 14.4. The molecule has 110 valence electrons. The highest BCUT2D eigenvalue weighted by Gasteiger charge is 2.13. The summed E-state index contributed by atoms with van der Waals surface area (Å²) in [6.45, 7) is 4.94. The Morgan fingerprint density at radius 1 is 1.35 bits per heavy atom. The van der Waals surface area contributed by atoms with E-state index in [1.54, 1.807) is 7.11 Å². The average molecular weight is 275 g/mol. The van der Waals surface area contributed by atoms with E-state index < -0.39 is 0 Å². The molecule has 1 unspecified atom stereocenters. The fourth-order valence-electron chi connectivity index (χ4n) is 2.55. The van der Waals surface area contributed by atoms with Crippen molar-refractivity contribution in [1.82, 2.24) is 15.1 Å². The molecule has 0 spiro atoms. The van der Waals surface area contributed by atoms with Crippen molar-refractivity contribution in [2.24, 2.45) is 13.0 Å². The third-order valence-corrected chi connectivity index (χ3v) is 3.81. The number of aromatic nitrogens is 2. The van der Waals surface area contributed by atoms with Gasteiger partial charge < -0.3 is 10.1 Å². The standard InChI is InChI=1S/C16H25N3O/c1-4-13(12-17-9-10-20-3)11-15-14-7-5-6-8-16(14)19(2)18-15/h5-8,13,17H,4,9-12H2,1-3H3. The van der Waals surface area contributed by atoms with Crippen LogP contribution in [0.5, 0.6) is 0 Å². The Bertz CT molecular complexity index is 536. The first kappa shape index (κ1) is 15.0. The molecule has 2 rings (SSSR count). The van der Waals surface area contributed by atoms with Crippen molar-refractivity contribution < 1.29 is 4.74 Å². The summed E-state index contributed by atoms with van der Waals surface area (Å²) in [7, 11) is 3.75. The lowest BCUT2D eigenvalue weighted by Gasteiger charge is -2.14. The normalized spacial score (nSPS) is 12.9. The molecule has 4 nitrogen and oxygen atoms in total. The van der Waals surface area contributed by atoms with E-state index in [9.17, 15) is 0 Å². The van der Waals surface area contributed by atoms with Gasteiger partial charge in [0.15, 0.2) is 0 Å². The van der Waals surface area contributed by atoms with Crippen molar-refractivity contribution in [2.45, 2.75) is 19.8 Å². The smallest absolute Gasteiger partial charge is 0.0706 e. The lowest BCUT2D eigenvalue weighted by atomic mass is 9.98. The summed E-state index contributed by atoms with van der Waals surface area (Å²) < 4.78 is 7.04. The van der Waals surface area contributed by atoms with Crippen LogP contribution in [0, 0.1) is 5.92 Å². The molecule has 1 aromatic carbocycles. The Kier molecular flexibility index (Phi) is 5.56. The molecule has 0 aliphatic rings. The number of rotatable bonds is 8. The SMILES string of the molecule is CCC(CNCCOC)Cc1nn(C)c2ccccc12. The summed E-state index contributed by atoms with van der Waals surface area (Å²) in [5, 5.41) is 9.42. The number of nitrogens with one attached hydrogen (secondary N) is 1. The van der Waals surface area contributed by atoms with Gasteiger partial charge in [0.1, 0.15) is 0 Å². The van der Waals surface area contributed by atoms with E-state index >= 15 is 0 Å². The van der Waals surface area contributed by atoms with Crippen LogP contribution in [0.3, 0.4) is 0 Å². The van der Waals surface area contributed by atoms with Crippen LogP contribution in [-0.4, -0.2) is 36.6 Å². The number of hydrogen-bond donors (Lipinski definition) is 1. The third kappa shape index (κ3) is 3.58. The summed E-state index contributed by atoms with van der Waals surface area (Å²) >= 11 is 0. The summed E-state index contributed by atoms with van der Waals surface area (Å²) in [6.07, 6.45) is 2.18. The molecule has 1 heterocycles. The quantitative estimate of drug-likeness (QED) is 0.752. The molecule has 0 saturated carbocycles. The van der Waals surface area contributed by atoms with Gasteiger partial charge in [-0.2, -0.15) is 5.10 Å². The maximum atomic E-state index is 5.06. The van der Waals surface area contributed by atoms with Crippen LogP contribution in [0.2, 0.25) is 0 Å². The molecule has 1 aromatic heterocycles. The van der Waals surface area contributed by atoms with Gasteiger partial charge in [0, 0.05) is 26.1 Å². The van der Waals surface area contributed by atoms with Crippen LogP contribution in [0.4, 0.5) is 0 Å². The van der Waals surface area contributed by atoms with Crippen molar-refractivity contribution in [3.63, 3.8) is 0 Å². The molecule has 0 radical (unpaired) electrons. The molecule has 0 fully saturated rings. The lowest BCUT2D eigenvalue weighted by Crippen LogP contribution is -2.27. The minimum absolute atomic E-state index is 0.616. The second-order valence-electron chi connectivity index (χ2n) is 5.26. The molecule has 2 aromatic rings. The van der Waals surface area contributed by atoms with Crippen molar-refractivity contribution >= 4 is 10.9 Å². The van der Waals surface area contributed by atoms with Gasteiger partial charge in [0.05, 0.1) is 17.8 Å². The Balaban J connectivity index is 2.02. The highest BCUT2D eigenvalue weighted by molar-refractivity contribution is 5.81. The lowest BCUT2D eigenvalue weighted by molar-refractivity contribution is 0.197. The minimum atomic E-state index is 0.616. The zero-order valence-electron chi connectivity index (χ0n) is 12.7. The topological polar surface area (TPSA) is 39.1 Å². The van der Waals surface area contributed by atoms with Crippen molar-refractivity contribution in [2.75, 3.05) is 26.8 Å². The molecule has 0 bridgehead atoms. The maximum absolute atomic E-state index is 5.06. The predicted molar refractivity (Wildman–Crippen MR) is 82.9 cm³/mol. The Morgan fingerprint density at radius 3 is 2.90 bits per heavy atom. The minimum Gasteiger partial charge on any atom is -0.383 e. The second-order valence-corrected chi connectivity index (χ2v) is 5.26. The summed E-state index contributed by atoms with van der Waals surface area (Å²) in [6, 6.07) is 8.45. The Hall–Kier alpha value is -1.39. The van der Waals surface area contributed by atoms with Crippen LogP contribution < -0.4 is 5.32 Å². The number of fused-ring (bicyclic) bond motifs is 1. The maximum Gasteiger partial charge on any atom is 0.0706 e. The number of benzene rings is 1. The number of nitrogens with zero attached hydrogens (tertiary/aromatic N) is 2. The van der Waals surface area contributed by atoms with Crippen molar-refractivity contribution in [3.8, 4) is 0 Å². The molecule has 1 N–H and O–H groups in total. The van der Waals surface area contributed by atoms with Gasteiger partial charge in [-0.25, -0.2) is 0 Å². The molecule has 0 amide bonds. The Morgan fingerprint density at radius 2 is 2.15 bits per heavy atom. The molecule has 20 heavy (non-hydrogen) atoms. The highest BCUT2D eigenvalue weighted by atomic mass is 16.5. The first-order chi connectivity index (χ1) is 9.76. The van der Waals surface area contributed by atoms with Crippen LogP contribution >= 0.6 is 0 Å². The molecular formula is C16H25N3O. The first-order valence-corrected chi connectivity index (χ1v) is 7.36. The molecule has 0 aliphatic heterocycles. The molecule has 0 saturated heterocycles. The fraction of sp³-hybridized carbons (Fsp3) is 0.562. The Labute approximate surface area is 121 Å². The van der Waals surface area contributed by atoms with Gasteiger partial charge in [0.2, 0.25) is 0 Å². The second kappa shape index (κ2) is 7.41. The van der Waals surface area contributed by atoms with Gasteiger partial charge >= 0.3 is 0 Å². The number of methoxy groups -OCH3 is 1. The van der Waals surface area contributed by atoms with Gasteiger partial charge in [-0.1, -0.05) is 31.5 Å². The molecule has 1 atom stereocenters. The first-order valence-electron chi connectivity index (χ1n) is 7.36. The van der Waals surface area contributed by atoms with E-state index in [1.807, 2.05) is 11.7 Å². The fourth-order valence-corrected chi connectivity index (χ4v) is 2.55. The van der Waals surface area contributed by atoms with E-state index in [2.05, 4.69) is 41.6 Å². The predicted octanol–water partition coefficient (Wildman–Crippen LogP) is 2.38. The number of hydrogen-bond acceptors (Lipinski definition) is 3. The van der Waals surface area contributed by atoms with Crippen LogP contribution in [-0.2, 0) is 18.2 Å². The van der Waals surface area contributed by atoms with Gasteiger partial charge in [0.25, 0.3) is 0 Å². The van der Waals surface area contributed by atoms with Crippen molar-refractivity contribution in [3.05, 3.63) is 30.0 Å². The summed E-state index contributed by atoms with van der Waals surface area (Å²) in [4.78, 5) is 0. The monoisotopic (exact) mass is 275 g/mol. The van der Waals surface area contributed by atoms with Crippen LogP contribution in [0.15, 0.2) is 24.3 Å². The summed E-state index contributed by atoms with van der Waals surface area (Å²) in [5.74, 6) is 0.616. The van der Waals surface area contributed by atoms with Gasteiger partial charge in [-0.3, -0.25) is 4.68 Å². The van der Waals surface area contributed by atoms with E-state index in [1.165, 1.54) is 16.6 Å². The van der Waals surface area contributed by atoms with E-state index in [-0.39, 0.29) is 0 Å². The van der Waals surface area contributed by atoms with Crippen molar-refractivity contribution in [1.29, 1.82) is 0 Å².